The van der Waals surface area contributed by atoms with Gasteiger partial charge in [-0.25, -0.2) is 14.4 Å². The first-order valence-corrected chi connectivity index (χ1v) is 14.4. The number of nitrogens with zero attached hydrogens (tertiary/aromatic N) is 2. The molecule has 5 rings (SSSR count). The lowest BCUT2D eigenvalue weighted by molar-refractivity contribution is -0.120. The summed E-state index contributed by atoms with van der Waals surface area (Å²) in [7, 11) is 0. The van der Waals surface area contributed by atoms with Crippen LogP contribution >= 0.6 is 45.5 Å². The summed E-state index contributed by atoms with van der Waals surface area (Å²) in [5.74, 6) is 6.82. The fourth-order valence-corrected chi connectivity index (χ4v) is 5.27. The summed E-state index contributed by atoms with van der Waals surface area (Å²) in [6.45, 7) is 0.451. The lowest BCUT2D eigenvalue weighted by Gasteiger charge is -2.11. The molecule has 0 saturated heterocycles. The summed E-state index contributed by atoms with van der Waals surface area (Å²) in [6.07, 6.45) is 1.80. The number of amides is 1. The third-order valence-electron chi connectivity index (χ3n) is 5.65. The molecular weight excluding hydrogens is 662 g/mol. The maximum atomic E-state index is 13.4. The van der Waals surface area contributed by atoms with Crippen LogP contribution in [0.25, 0.3) is 10.2 Å². The molecule has 5 aromatic rings. The average Bonchev–Trinajstić information content (AvgIpc) is 3.36. The highest BCUT2D eigenvalue weighted by atomic mass is 127. The van der Waals surface area contributed by atoms with Crippen molar-refractivity contribution in [2.24, 2.45) is 0 Å². The van der Waals surface area contributed by atoms with Gasteiger partial charge in [0.2, 0.25) is 5.91 Å². The maximum Gasteiger partial charge on any atom is 0.225 e. The third kappa shape index (κ3) is 7.47. The number of thiophene rings is 1. The molecule has 2 heterocycles. The summed E-state index contributed by atoms with van der Waals surface area (Å²) in [6, 6.07) is 21.3. The minimum absolute atomic E-state index is 0.0757. The van der Waals surface area contributed by atoms with Crippen molar-refractivity contribution in [2.75, 3.05) is 11.9 Å². The summed E-state index contributed by atoms with van der Waals surface area (Å²) in [5, 5.41) is 6.53. The minimum atomic E-state index is -0.314. The molecule has 40 heavy (non-hydrogen) atoms. The van der Waals surface area contributed by atoms with E-state index in [4.69, 9.17) is 16.3 Å². The molecule has 0 fully saturated rings. The van der Waals surface area contributed by atoms with Crippen molar-refractivity contribution in [1.29, 1.82) is 0 Å². The lowest BCUT2D eigenvalue weighted by Crippen LogP contribution is -2.25. The molecule has 200 valence electrons. The number of hydrogen-bond acceptors (Lipinski definition) is 6. The van der Waals surface area contributed by atoms with Gasteiger partial charge in [0.25, 0.3) is 0 Å². The van der Waals surface area contributed by atoms with Gasteiger partial charge in [0.1, 0.15) is 24.5 Å². The molecule has 6 nitrogen and oxygen atoms in total. The molecule has 0 spiro atoms. The van der Waals surface area contributed by atoms with Crippen molar-refractivity contribution in [3.05, 3.63) is 110 Å². The molecule has 0 saturated carbocycles. The number of nitrogens with one attached hydrogen (secondary N) is 2. The zero-order valence-corrected chi connectivity index (χ0v) is 24.6. The van der Waals surface area contributed by atoms with E-state index in [9.17, 15) is 9.18 Å². The Morgan fingerprint density at radius 3 is 2.70 bits per heavy atom. The number of benzene rings is 3. The molecule has 10 heteroatoms. The lowest BCUT2D eigenvalue weighted by atomic mass is 10.1. The molecule has 0 radical (unpaired) electrons. The average molecular weight is 683 g/mol. The Morgan fingerprint density at radius 1 is 1.05 bits per heavy atom. The predicted octanol–water partition coefficient (Wildman–Crippen LogP) is 7.12. The SMILES string of the molecule is O=C(Cc1ccc(I)cc1)NCC#Cc1cc2ncnc(Nc3ccc(OCc4cccc(F)c4)c(Cl)c3)c2s1. The van der Waals surface area contributed by atoms with Crippen LogP contribution in [-0.4, -0.2) is 22.4 Å². The van der Waals surface area contributed by atoms with Gasteiger partial charge in [0.05, 0.1) is 33.1 Å². The van der Waals surface area contributed by atoms with Gasteiger partial charge in [0, 0.05) is 9.26 Å². The van der Waals surface area contributed by atoms with Gasteiger partial charge in [0.15, 0.2) is 5.82 Å². The largest absolute Gasteiger partial charge is 0.487 e. The molecule has 3 aromatic carbocycles. The minimum Gasteiger partial charge on any atom is -0.487 e. The normalized spacial score (nSPS) is 10.6. The Balaban J connectivity index is 1.20. The molecule has 0 aliphatic rings. The standard InChI is InChI=1S/C30H21ClFIN4O2S/c31-25-15-23(10-11-27(25)39-17-20-3-1-4-21(32)13-20)37-30-29-26(35-18-36-30)16-24(40-29)5-2-12-34-28(38)14-19-6-8-22(33)9-7-19/h1,3-4,6-11,13,15-16,18H,12,14,17H2,(H,34,38)(H,35,36,37). The highest BCUT2D eigenvalue weighted by Gasteiger charge is 2.10. The number of carbonyl (C=O) groups is 1. The highest BCUT2D eigenvalue weighted by molar-refractivity contribution is 14.1. The Kier molecular flexibility index (Phi) is 9.11. The molecule has 0 aliphatic carbocycles. The van der Waals surface area contributed by atoms with Crippen LogP contribution in [0, 0.1) is 21.2 Å². The van der Waals surface area contributed by atoms with Crippen molar-refractivity contribution in [1.82, 2.24) is 15.3 Å². The molecule has 2 aromatic heterocycles. The van der Waals surface area contributed by atoms with Crippen LogP contribution in [0.1, 0.15) is 16.0 Å². The van der Waals surface area contributed by atoms with E-state index in [0.29, 0.717) is 28.6 Å². The van der Waals surface area contributed by atoms with Crippen LogP contribution in [0.2, 0.25) is 5.02 Å². The zero-order chi connectivity index (χ0) is 27.9. The molecule has 0 atom stereocenters. The van der Waals surface area contributed by atoms with Gasteiger partial charge >= 0.3 is 0 Å². The quantitative estimate of drug-likeness (QED) is 0.135. The summed E-state index contributed by atoms with van der Waals surface area (Å²) >= 11 is 10.1. The van der Waals surface area contributed by atoms with E-state index >= 15 is 0 Å². The van der Waals surface area contributed by atoms with Gasteiger partial charge in [-0.1, -0.05) is 47.7 Å². The Hall–Kier alpha value is -3.72. The van der Waals surface area contributed by atoms with Crippen LogP contribution in [0.15, 0.2) is 79.1 Å². The van der Waals surface area contributed by atoms with E-state index in [0.717, 1.165) is 29.9 Å². The topological polar surface area (TPSA) is 76.1 Å². The van der Waals surface area contributed by atoms with Gasteiger partial charge in [-0.3, -0.25) is 4.79 Å². The number of hydrogen-bond donors (Lipinski definition) is 2. The van der Waals surface area contributed by atoms with Crippen LogP contribution in [-0.2, 0) is 17.8 Å². The van der Waals surface area contributed by atoms with Crippen molar-refractivity contribution in [3.8, 4) is 17.6 Å². The number of anilines is 2. The summed E-state index contributed by atoms with van der Waals surface area (Å²) < 4.78 is 21.1. The van der Waals surface area contributed by atoms with Crippen molar-refractivity contribution >= 4 is 73.2 Å². The second-order valence-corrected chi connectivity index (χ2v) is 11.3. The summed E-state index contributed by atoms with van der Waals surface area (Å²) in [4.78, 5) is 21.7. The molecule has 1 amide bonds. The van der Waals surface area contributed by atoms with E-state index < -0.39 is 0 Å². The maximum absolute atomic E-state index is 13.4. The van der Waals surface area contributed by atoms with Crippen LogP contribution in [0.3, 0.4) is 0 Å². The number of fused-ring (bicyclic) bond motifs is 1. The fraction of sp³-hybridized carbons (Fsp3) is 0.100. The number of carbonyl (C=O) groups excluding carboxylic acids is 1. The molecule has 0 aliphatic heterocycles. The Bertz CT molecular complexity index is 1730. The van der Waals surface area contributed by atoms with E-state index in [1.807, 2.05) is 36.4 Å². The second kappa shape index (κ2) is 13.1. The van der Waals surface area contributed by atoms with Crippen LogP contribution < -0.4 is 15.4 Å². The van der Waals surface area contributed by atoms with Gasteiger partial charge in [-0.15, -0.1) is 11.3 Å². The number of rotatable bonds is 8. The van der Waals surface area contributed by atoms with Gasteiger partial charge in [-0.05, 0) is 82.2 Å². The molecular formula is C30H21ClFIN4O2S. The van der Waals surface area contributed by atoms with Crippen molar-refractivity contribution < 1.29 is 13.9 Å². The monoisotopic (exact) mass is 682 g/mol. The first-order valence-electron chi connectivity index (χ1n) is 12.1. The van der Waals surface area contributed by atoms with E-state index in [1.165, 1.54) is 29.8 Å². The van der Waals surface area contributed by atoms with E-state index in [1.54, 1.807) is 24.3 Å². The number of aromatic nitrogens is 2. The number of ether oxygens (including phenoxy) is 1. The third-order valence-corrected chi connectivity index (χ3v) is 7.71. The zero-order valence-electron chi connectivity index (χ0n) is 20.9. The molecule has 0 bridgehead atoms. The summed E-state index contributed by atoms with van der Waals surface area (Å²) in [5.41, 5.74) is 3.15. The first kappa shape index (κ1) is 27.8. The van der Waals surface area contributed by atoms with Crippen molar-refractivity contribution in [3.63, 3.8) is 0 Å². The fourth-order valence-electron chi connectivity index (χ4n) is 3.75. The van der Waals surface area contributed by atoms with E-state index in [2.05, 4.69) is 55.0 Å². The molecule has 0 unspecified atom stereocenters. The van der Waals surface area contributed by atoms with Gasteiger partial charge in [-0.2, -0.15) is 0 Å². The van der Waals surface area contributed by atoms with Gasteiger partial charge < -0.3 is 15.4 Å². The second-order valence-electron chi connectivity index (χ2n) is 8.62. The number of halogens is 3. The van der Waals surface area contributed by atoms with Crippen molar-refractivity contribution in [2.45, 2.75) is 13.0 Å². The first-order chi connectivity index (χ1) is 19.4. The highest BCUT2D eigenvalue weighted by Crippen LogP contribution is 2.33. The Morgan fingerprint density at radius 2 is 1.90 bits per heavy atom. The van der Waals surface area contributed by atoms with Crippen LogP contribution in [0.4, 0.5) is 15.9 Å². The Labute approximate surface area is 253 Å². The smallest absolute Gasteiger partial charge is 0.225 e. The van der Waals surface area contributed by atoms with E-state index in [-0.39, 0.29) is 24.9 Å². The van der Waals surface area contributed by atoms with Crippen LogP contribution in [0.5, 0.6) is 5.75 Å². The molecule has 2 N–H and O–H groups in total. The predicted molar refractivity (Wildman–Crippen MR) is 166 cm³/mol.